The zero-order valence-corrected chi connectivity index (χ0v) is 13.5. The van der Waals surface area contributed by atoms with Gasteiger partial charge < -0.3 is 14.6 Å². The van der Waals surface area contributed by atoms with Gasteiger partial charge in [0, 0.05) is 31.7 Å². The molecule has 0 aromatic carbocycles. The van der Waals surface area contributed by atoms with Crippen LogP contribution in [0.1, 0.15) is 29.6 Å². The van der Waals surface area contributed by atoms with Crippen LogP contribution in [-0.4, -0.2) is 33.2 Å². The van der Waals surface area contributed by atoms with Gasteiger partial charge in [0.1, 0.15) is 17.7 Å². The molecule has 7 nitrogen and oxygen atoms in total. The number of carbonyl (C=O) groups excluding carboxylic acids is 1. The van der Waals surface area contributed by atoms with Gasteiger partial charge >= 0.3 is 6.03 Å². The van der Waals surface area contributed by atoms with Crippen molar-refractivity contribution >= 4 is 11.8 Å². The average Bonchev–Trinajstić information content (AvgIpc) is 3.06. The first kappa shape index (κ1) is 15.5. The van der Waals surface area contributed by atoms with Crippen LogP contribution in [0.2, 0.25) is 0 Å². The third-order valence-electron chi connectivity index (χ3n) is 3.86. The lowest BCUT2D eigenvalue weighted by Gasteiger charge is -2.19. The Balaban J connectivity index is 1.66. The number of aromatic nitrogens is 3. The van der Waals surface area contributed by atoms with E-state index in [-0.39, 0.29) is 18.2 Å². The maximum atomic E-state index is 12.2. The summed E-state index contributed by atoms with van der Waals surface area (Å²) in [6, 6.07) is 3.41. The highest BCUT2D eigenvalue weighted by Gasteiger charge is 2.33. The Morgan fingerprint density at radius 1 is 1.39 bits per heavy atom. The minimum atomic E-state index is -0.280. The molecule has 2 amide bonds. The van der Waals surface area contributed by atoms with Crippen LogP contribution in [0.4, 0.5) is 10.6 Å². The van der Waals surface area contributed by atoms with Crippen molar-refractivity contribution in [1.29, 1.82) is 0 Å². The van der Waals surface area contributed by atoms with Crippen molar-refractivity contribution in [3.05, 3.63) is 41.6 Å². The summed E-state index contributed by atoms with van der Waals surface area (Å²) in [5, 5.41) is 5.75. The first-order valence-electron chi connectivity index (χ1n) is 7.64. The van der Waals surface area contributed by atoms with Crippen molar-refractivity contribution in [2.24, 2.45) is 7.05 Å². The zero-order valence-electron chi connectivity index (χ0n) is 13.5. The monoisotopic (exact) mass is 315 g/mol. The van der Waals surface area contributed by atoms with Gasteiger partial charge in [-0.05, 0) is 38.0 Å². The number of pyridine rings is 1. The Labute approximate surface area is 135 Å². The van der Waals surface area contributed by atoms with Gasteiger partial charge in [-0.15, -0.1) is 0 Å². The molecule has 0 saturated carbocycles. The molecule has 0 radical (unpaired) electrons. The van der Waals surface area contributed by atoms with Gasteiger partial charge in [-0.3, -0.25) is 5.32 Å². The molecule has 2 aromatic rings. The third-order valence-corrected chi connectivity index (χ3v) is 3.86. The number of imidazole rings is 1. The van der Waals surface area contributed by atoms with E-state index in [4.69, 9.17) is 4.74 Å². The second-order valence-electron chi connectivity index (χ2n) is 5.85. The number of aryl methyl sites for hydroxylation is 3. The van der Waals surface area contributed by atoms with Crippen LogP contribution in [0, 0.1) is 13.8 Å². The molecular weight excluding hydrogens is 294 g/mol. The first-order valence-corrected chi connectivity index (χ1v) is 7.64. The van der Waals surface area contributed by atoms with Gasteiger partial charge in [0.15, 0.2) is 0 Å². The molecule has 122 valence electrons. The normalized spacial score (nSPS) is 20.5. The summed E-state index contributed by atoms with van der Waals surface area (Å²) in [5.74, 6) is 1.37. The quantitative estimate of drug-likeness (QED) is 0.908. The fraction of sp³-hybridized carbons (Fsp3) is 0.438. The Morgan fingerprint density at radius 2 is 2.22 bits per heavy atom. The molecule has 23 heavy (non-hydrogen) atoms. The maximum absolute atomic E-state index is 12.2. The molecule has 1 fully saturated rings. The maximum Gasteiger partial charge on any atom is 0.320 e. The molecular formula is C16H21N5O2. The number of rotatable bonds is 3. The average molecular weight is 315 g/mol. The van der Waals surface area contributed by atoms with Crippen molar-refractivity contribution < 1.29 is 9.53 Å². The summed E-state index contributed by atoms with van der Waals surface area (Å²) in [6.07, 6.45) is 4.12. The minimum absolute atomic E-state index is 0.109. The molecule has 1 aliphatic heterocycles. The molecule has 7 heteroatoms. The third kappa shape index (κ3) is 3.50. The molecule has 0 bridgehead atoms. The van der Waals surface area contributed by atoms with Crippen LogP contribution < -0.4 is 10.6 Å². The van der Waals surface area contributed by atoms with Gasteiger partial charge in [0.2, 0.25) is 0 Å². The fourth-order valence-electron chi connectivity index (χ4n) is 2.87. The van der Waals surface area contributed by atoms with E-state index in [1.165, 1.54) is 0 Å². The Bertz CT molecular complexity index is 692. The first-order chi connectivity index (χ1) is 11.0. The van der Waals surface area contributed by atoms with E-state index in [1.807, 2.05) is 43.8 Å². The topological polar surface area (TPSA) is 81.1 Å². The number of hydrogen-bond acceptors (Lipinski definition) is 4. The zero-order chi connectivity index (χ0) is 16.4. The van der Waals surface area contributed by atoms with E-state index in [0.29, 0.717) is 12.4 Å². The standard InChI is InChI=1S/C16H21N5O2/c1-10-8-11(2)18-13(9-10)20-16(22)19-12-4-7-23-14(12)15-17-5-6-21(15)3/h5-6,8-9,12,14H,4,7H2,1-3H3,(H2,18,19,20,22)/t12-,14-/m0/s1. The summed E-state index contributed by atoms with van der Waals surface area (Å²) in [7, 11) is 1.92. The number of hydrogen-bond donors (Lipinski definition) is 2. The van der Waals surface area contributed by atoms with Crippen LogP contribution in [0.3, 0.4) is 0 Å². The number of anilines is 1. The van der Waals surface area contributed by atoms with Crippen LogP contribution in [0.5, 0.6) is 0 Å². The van der Waals surface area contributed by atoms with Gasteiger partial charge in [0.05, 0.1) is 6.04 Å². The number of nitrogens with one attached hydrogen (secondary N) is 2. The van der Waals surface area contributed by atoms with E-state index < -0.39 is 0 Å². The lowest BCUT2D eigenvalue weighted by Crippen LogP contribution is -2.40. The van der Waals surface area contributed by atoms with Crippen molar-refractivity contribution in [3.63, 3.8) is 0 Å². The highest BCUT2D eigenvalue weighted by molar-refractivity contribution is 5.88. The number of ether oxygens (including phenoxy) is 1. The number of amides is 2. The predicted octanol–water partition coefficient (Wildman–Crippen LogP) is 2.08. The van der Waals surface area contributed by atoms with E-state index in [1.54, 1.807) is 6.20 Å². The van der Waals surface area contributed by atoms with Gasteiger partial charge in [-0.1, -0.05) is 0 Å². The van der Waals surface area contributed by atoms with Crippen molar-refractivity contribution in [2.45, 2.75) is 32.4 Å². The van der Waals surface area contributed by atoms with Crippen LogP contribution in [0.15, 0.2) is 24.5 Å². The lowest BCUT2D eigenvalue weighted by molar-refractivity contribution is 0.0913. The largest absolute Gasteiger partial charge is 0.368 e. The predicted molar refractivity (Wildman–Crippen MR) is 86.2 cm³/mol. The molecule has 2 atom stereocenters. The molecule has 1 saturated heterocycles. The summed E-state index contributed by atoms with van der Waals surface area (Å²) >= 11 is 0. The Morgan fingerprint density at radius 3 is 2.91 bits per heavy atom. The number of nitrogens with zero attached hydrogens (tertiary/aromatic N) is 3. The summed E-state index contributed by atoms with van der Waals surface area (Å²) in [4.78, 5) is 20.9. The van der Waals surface area contributed by atoms with Gasteiger partial charge in [-0.2, -0.15) is 0 Å². The van der Waals surface area contributed by atoms with Crippen molar-refractivity contribution in [3.8, 4) is 0 Å². The van der Waals surface area contributed by atoms with Crippen LogP contribution in [0.25, 0.3) is 0 Å². The van der Waals surface area contributed by atoms with E-state index in [0.717, 1.165) is 23.5 Å². The minimum Gasteiger partial charge on any atom is -0.368 e. The molecule has 1 aliphatic rings. The molecule has 0 spiro atoms. The molecule has 2 aromatic heterocycles. The van der Waals surface area contributed by atoms with Gasteiger partial charge in [0.25, 0.3) is 0 Å². The number of urea groups is 1. The van der Waals surface area contributed by atoms with E-state index in [9.17, 15) is 4.79 Å². The Hall–Kier alpha value is -2.41. The van der Waals surface area contributed by atoms with Crippen LogP contribution in [-0.2, 0) is 11.8 Å². The fourth-order valence-corrected chi connectivity index (χ4v) is 2.87. The smallest absolute Gasteiger partial charge is 0.320 e. The van der Waals surface area contributed by atoms with Crippen molar-refractivity contribution in [1.82, 2.24) is 19.9 Å². The summed E-state index contributed by atoms with van der Waals surface area (Å²) in [5.41, 5.74) is 1.93. The second kappa shape index (κ2) is 6.37. The van der Waals surface area contributed by atoms with E-state index in [2.05, 4.69) is 20.6 Å². The van der Waals surface area contributed by atoms with Gasteiger partial charge in [-0.25, -0.2) is 14.8 Å². The Kier molecular flexibility index (Phi) is 4.29. The SMILES string of the molecule is Cc1cc(C)nc(NC(=O)N[C@H]2CCO[C@@H]2c2nccn2C)c1. The molecule has 0 aliphatic carbocycles. The molecule has 3 rings (SSSR count). The number of carbonyl (C=O) groups is 1. The van der Waals surface area contributed by atoms with Crippen LogP contribution >= 0.6 is 0 Å². The van der Waals surface area contributed by atoms with Crippen molar-refractivity contribution in [2.75, 3.05) is 11.9 Å². The molecule has 0 unspecified atom stereocenters. The highest BCUT2D eigenvalue weighted by Crippen LogP contribution is 2.27. The van der Waals surface area contributed by atoms with E-state index >= 15 is 0 Å². The lowest BCUT2D eigenvalue weighted by atomic mass is 10.1. The second-order valence-corrected chi connectivity index (χ2v) is 5.85. The summed E-state index contributed by atoms with van der Waals surface area (Å²) in [6.45, 7) is 4.47. The highest BCUT2D eigenvalue weighted by atomic mass is 16.5. The summed E-state index contributed by atoms with van der Waals surface area (Å²) < 4.78 is 7.65. The molecule has 2 N–H and O–H groups in total. The molecule has 3 heterocycles.